The number of rotatable bonds is 6. The average Bonchev–Trinajstić information content (AvgIpc) is 2.34. The highest BCUT2D eigenvalue weighted by molar-refractivity contribution is 5.88. The summed E-state index contributed by atoms with van der Waals surface area (Å²) >= 11 is 0. The number of hydrogen-bond donors (Lipinski definition) is 3. The summed E-state index contributed by atoms with van der Waals surface area (Å²) in [5.41, 5.74) is 6.69. The van der Waals surface area contributed by atoms with Crippen molar-refractivity contribution in [3.05, 3.63) is 24.3 Å². The highest BCUT2D eigenvalue weighted by Gasteiger charge is 2.16. The van der Waals surface area contributed by atoms with Gasteiger partial charge in [-0.15, -0.1) is 0 Å². The maximum Gasteiger partial charge on any atom is 0.316 e. The lowest BCUT2D eigenvalue weighted by molar-refractivity contribution is 0.259. The number of nitrogens with one attached hydrogen (secondary N) is 2. The van der Waals surface area contributed by atoms with Crippen LogP contribution >= 0.6 is 0 Å². The van der Waals surface area contributed by atoms with Gasteiger partial charge in [0.2, 0.25) is 0 Å². The molecule has 1 rings (SSSR count). The minimum absolute atomic E-state index is 0.0445. The lowest BCUT2D eigenvalue weighted by atomic mass is 9.88. The fourth-order valence-corrected chi connectivity index (χ4v) is 1.67. The van der Waals surface area contributed by atoms with Crippen molar-refractivity contribution >= 4 is 17.4 Å². The summed E-state index contributed by atoms with van der Waals surface area (Å²) in [5.74, 6) is 0. The molecule has 4 N–H and O–H groups in total. The van der Waals surface area contributed by atoms with E-state index >= 15 is 0 Å². The molecule has 0 heterocycles. The first kappa shape index (κ1) is 14.8. The number of nitriles is 1. The van der Waals surface area contributed by atoms with Crippen LogP contribution in [0.2, 0.25) is 0 Å². The van der Waals surface area contributed by atoms with Crippen LogP contribution in [0.3, 0.4) is 0 Å². The van der Waals surface area contributed by atoms with Gasteiger partial charge >= 0.3 is 6.03 Å². The third-order valence-corrected chi connectivity index (χ3v) is 2.81. The van der Waals surface area contributed by atoms with Crippen molar-refractivity contribution in [3.63, 3.8) is 0 Å². The number of carbonyl (C=O) groups is 1. The predicted molar refractivity (Wildman–Crippen MR) is 76.8 cm³/mol. The molecule has 0 aliphatic carbocycles. The van der Waals surface area contributed by atoms with Gasteiger partial charge in [-0.2, -0.15) is 5.26 Å². The maximum absolute atomic E-state index is 10.8. The van der Waals surface area contributed by atoms with Crippen molar-refractivity contribution in [3.8, 4) is 6.07 Å². The largest absolute Gasteiger partial charge is 0.384 e. The van der Waals surface area contributed by atoms with Crippen LogP contribution in [0.1, 0.15) is 26.7 Å². The van der Waals surface area contributed by atoms with Crippen LogP contribution in [0.5, 0.6) is 0 Å². The molecule has 0 atom stereocenters. The van der Waals surface area contributed by atoms with Crippen molar-refractivity contribution in [2.24, 2.45) is 11.1 Å². The molecule has 19 heavy (non-hydrogen) atoms. The normalized spacial score (nSPS) is 10.6. The van der Waals surface area contributed by atoms with Gasteiger partial charge in [-0.05, 0) is 30.0 Å². The van der Waals surface area contributed by atoms with Crippen LogP contribution < -0.4 is 16.4 Å². The highest BCUT2D eigenvalue weighted by Crippen LogP contribution is 2.23. The molecule has 0 aromatic heterocycles. The molecule has 0 aliphatic rings. The molecule has 1 aromatic carbocycles. The number of nitrogens with two attached hydrogens (primary N) is 1. The minimum atomic E-state index is -0.577. The third-order valence-electron chi connectivity index (χ3n) is 2.81. The summed E-state index contributed by atoms with van der Waals surface area (Å²) in [7, 11) is 0. The Balaban J connectivity index is 2.58. The molecule has 2 amide bonds. The molecule has 0 spiro atoms. The molecule has 0 saturated carbocycles. The van der Waals surface area contributed by atoms with E-state index < -0.39 is 6.03 Å². The molecular weight excluding hydrogens is 240 g/mol. The van der Waals surface area contributed by atoms with E-state index in [1.165, 1.54) is 0 Å². The topological polar surface area (TPSA) is 90.9 Å². The zero-order valence-electron chi connectivity index (χ0n) is 11.4. The summed E-state index contributed by atoms with van der Waals surface area (Å²) < 4.78 is 0. The van der Waals surface area contributed by atoms with Gasteiger partial charge in [-0.1, -0.05) is 19.9 Å². The van der Waals surface area contributed by atoms with Crippen molar-refractivity contribution in [1.29, 1.82) is 5.26 Å². The van der Waals surface area contributed by atoms with E-state index in [0.29, 0.717) is 12.1 Å². The second kappa shape index (κ2) is 6.64. The van der Waals surface area contributed by atoms with Crippen molar-refractivity contribution in [1.82, 2.24) is 0 Å². The lowest BCUT2D eigenvalue weighted by Crippen LogP contribution is -2.23. The second-order valence-corrected chi connectivity index (χ2v) is 5.25. The van der Waals surface area contributed by atoms with Gasteiger partial charge in [-0.25, -0.2) is 4.79 Å². The molecule has 0 bridgehead atoms. The van der Waals surface area contributed by atoms with Crippen LogP contribution in [-0.4, -0.2) is 12.6 Å². The molecular formula is C14H20N4O. The Morgan fingerprint density at radius 3 is 2.74 bits per heavy atom. The Labute approximate surface area is 113 Å². The molecule has 0 unspecified atom stereocenters. The first-order valence-electron chi connectivity index (χ1n) is 6.20. The van der Waals surface area contributed by atoms with E-state index in [1.54, 1.807) is 6.07 Å². The summed E-state index contributed by atoms with van der Waals surface area (Å²) in [4.78, 5) is 10.8. The number of hydrogen-bond acceptors (Lipinski definition) is 3. The minimum Gasteiger partial charge on any atom is -0.384 e. The van der Waals surface area contributed by atoms with E-state index in [-0.39, 0.29) is 5.41 Å². The maximum atomic E-state index is 10.8. The first-order valence-corrected chi connectivity index (χ1v) is 6.20. The highest BCUT2D eigenvalue weighted by atomic mass is 16.2. The number of urea groups is 1. The van der Waals surface area contributed by atoms with Gasteiger partial charge in [0.05, 0.1) is 6.07 Å². The smallest absolute Gasteiger partial charge is 0.316 e. The number of anilines is 2. The molecule has 0 radical (unpaired) electrons. The van der Waals surface area contributed by atoms with Gasteiger partial charge in [0, 0.05) is 24.3 Å². The Morgan fingerprint density at radius 2 is 2.11 bits per heavy atom. The van der Waals surface area contributed by atoms with Crippen molar-refractivity contribution in [2.45, 2.75) is 26.7 Å². The van der Waals surface area contributed by atoms with E-state index in [2.05, 4.69) is 30.6 Å². The number of amides is 2. The van der Waals surface area contributed by atoms with E-state index in [0.717, 1.165) is 18.7 Å². The quantitative estimate of drug-likeness (QED) is 0.734. The van der Waals surface area contributed by atoms with Crippen LogP contribution in [-0.2, 0) is 0 Å². The molecule has 5 nitrogen and oxygen atoms in total. The summed E-state index contributed by atoms with van der Waals surface area (Å²) in [6, 6.07) is 8.95. The predicted octanol–water partition coefficient (Wildman–Crippen LogP) is 2.92. The zero-order chi connectivity index (χ0) is 14.3. The van der Waals surface area contributed by atoms with Crippen molar-refractivity contribution in [2.75, 3.05) is 17.2 Å². The Kier molecular flexibility index (Phi) is 5.19. The second-order valence-electron chi connectivity index (χ2n) is 5.25. The summed E-state index contributed by atoms with van der Waals surface area (Å²) in [5, 5.41) is 14.5. The van der Waals surface area contributed by atoms with Crippen LogP contribution in [0, 0.1) is 16.7 Å². The molecule has 0 saturated heterocycles. The third kappa shape index (κ3) is 5.77. The van der Waals surface area contributed by atoms with Crippen LogP contribution in [0.15, 0.2) is 24.3 Å². The summed E-state index contributed by atoms with van der Waals surface area (Å²) in [6.07, 6.45) is 1.40. The molecule has 5 heteroatoms. The van der Waals surface area contributed by atoms with Gasteiger partial charge in [-0.3, -0.25) is 0 Å². The number of primary amides is 1. The van der Waals surface area contributed by atoms with E-state index in [9.17, 15) is 4.79 Å². The zero-order valence-corrected chi connectivity index (χ0v) is 11.4. The summed E-state index contributed by atoms with van der Waals surface area (Å²) in [6.45, 7) is 4.99. The van der Waals surface area contributed by atoms with E-state index in [1.807, 2.05) is 18.2 Å². The average molecular weight is 260 g/mol. The van der Waals surface area contributed by atoms with Crippen LogP contribution in [0.25, 0.3) is 0 Å². The molecule has 102 valence electrons. The SMILES string of the molecule is CC(C)(CCC#N)CNc1cccc(NC(N)=O)c1. The first-order chi connectivity index (χ1) is 8.93. The monoisotopic (exact) mass is 260 g/mol. The Hall–Kier alpha value is -2.22. The van der Waals surface area contributed by atoms with E-state index in [4.69, 9.17) is 11.0 Å². The standard InChI is InChI=1S/C14H20N4O/c1-14(2,7-4-8-15)10-17-11-5-3-6-12(9-11)18-13(16)19/h3,5-6,9,17H,4,7,10H2,1-2H3,(H3,16,18,19). The lowest BCUT2D eigenvalue weighted by Gasteiger charge is -2.24. The molecule has 0 aliphatic heterocycles. The fourth-order valence-electron chi connectivity index (χ4n) is 1.67. The number of carbonyl (C=O) groups excluding carboxylic acids is 1. The fraction of sp³-hybridized carbons (Fsp3) is 0.429. The molecule has 1 aromatic rings. The number of nitrogens with zero attached hydrogens (tertiary/aromatic N) is 1. The van der Waals surface area contributed by atoms with Crippen molar-refractivity contribution < 1.29 is 4.79 Å². The van der Waals surface area contributed by atoms with Crippen LogP contribution in [0.4, 0.5) is 16.2 Å². The number of benzene rings is 1. The Bertz CT molecular complexity index is 477. The van der Waals surface area contributed by atoms with Gasteiger partial charge in [0.25, 0.3) is 0 Å². The van der Waals surface area contributed by atoms with Gasteiger partial charge in [0.1, 0.15) is 0 Å². The molecule has 0 fully saturated rings. The van der Waals surface area contributed by atoms with Gasteiger partial charge in [0.15, 0.2) is 0 Å². The Morgan fingerprint density at radius 1 is 1.42 bits per heavy atom. The van der Waals surface area contributed by atoms with Gasteiger partial charge < -0.3 is 16.4 Å².